The van der Waals surface area contributed by atoms with Crippen LogP contribution in [0.5, 0.6) is 0 Å². The molecule has 0 saturated heterocycles. The lowest BCUT2D eigenvalue weighted by molar-refractivity contribution is -0.861. The lowest BCUT2D eigenvalue weighted by Gasteiger charge is -2.22. The number of quaternary nitrogens is 1. The summed E-state index contributed by atoms with van der Waals surface area (Å²) in [5.74, 6) is -0.513. The van der Waals surface area contributed by atoms with Gasteiger partial charge in [0.1, 0.15) is 12.3 Å². The van der Waals surface area contributed by atoms with Crippen LogP contribution in [0.1, 0.15) is 26.2 Å². The van der Waals surface area contributed by atoms with Crippen molar-refractivity contribution in [1.82, 2.24) is 0 Å². The second kappa shape index (κ2) is 9.24. The fourth-order valence-electron chi connectivity index (χ4n) is 1.63. The van der Waals surface area contributed by atoms with E-state index in [1.165, 1.54) is 0 Å². The molecule has 5 nitrogen and oxygen atoms in total. The summed E-state index contributed by atoms with van der Waals surface area (Å²) in [5, 5.41) is 9.88. The number of rotatable bonds is 9. The number of ether oxygens (including phenoxy) is 1. The Morgan fingerprint density at radius 3 is 2.55 bits per heavy atom. The molecule has 0 aliphatic carbocycles. The van der Waals surface area contributed by atoms with E-state index in [-0.39, 0.29) is 11.6 Å². The molecule has 0 bridgehead atoms. The van der Waals surface area contributed by atoms with Crippen molar-refractivity contribution in [2.45, 2.75) is 32.3 Å². The highest BCUT2D eigenvalue weighted by atomic mass is 31.1. The molecule has 6 heteroatoms. The van der Waals surface area contributed by atoms with Crippen LogP contribution in [0.25, 0.3) is 0 Å². The van der Waals surface area contributed by atoms with Crippen LogP contribution in [-0.2, 0) is 9.53 Å². The quantitative estimate of drug-likeness (QED) is 0.301. The van der Waals surface area contributed by atoms with Crippen LogP contribution in [0, 0.1) is 0 Å². The first-order valence-electron chi connectivity index (χ1n) is 6.82. The second-order valence-electron chi connectivity index (χ2n) is 5.83. The Kier molecular flexibility index (Phi) is 8.90. The van der Waals surface area contributed by atoms with Gasteiger partial charge in [-0.05, 0) is 12.8 Å². The molecule has 0 radical (unpaired) electrons. The number of aliphatic hydroxyl groups excluding tert-OH is 1. The van der Waals surface area contributed by atoms with Gasteiger partial charge in [-0.2, -0.15) is 0 Å². The third-order valence-electron chi connectivity index (χ3n) is 2.60. The van der Waals surface area contributed by atoms with Gasteiger partial charge in [-0.3, -0.25) is 0 Å². The Labute approximate surface area is 122 Å². The summed E-state index contributed by atoms with van der Waals surface area (Å²) in [5.41, 5.74) is -0.0244. The second-order valence-corrected chi connectivity index (χ2v) is 7.47. The van der Waals surface area contributed by atoms with E-state index in [2.05, 4.69) is 6.58 Å². The van der Waals surface area contributed by atoms with Gasteiger partial charge >= 0.3 is 5.97 Å². The Morgan fingerprint density at radius 2 is 2.10 bits per heavy atom. The van der Waals surface area contributed by atoms with Crippen molar-refractivity contribution in [3.8, 4) is 0 Å². The molecule has 0 aliphatic heterocycles. The zero-order valence-corrected chi connectivity index (χ0v) is 13.9. The van der Waals surface area contributed by atoms with Crippen molar-refractivity contribution in [3.05, 3.63) is 12.7 Å². The van der Waals surface area contributed by atoms with E-state index < -0.39 is 19.8 Å². The van der Waals surface area contributed by atoms with Gasteiger partial charge in [-0.25, -0.2) is 4.79 Å². The van der Waals surface area contributed by atoms with E-state index in [4.69, 9.17) is 4.74 Å². The maximum absolute atomic E-state index is 12.1. The summed E-state index contributed by atoms with van der Waals surface area (Å²) in [7, 11) is 3.82. The number of likely N-dealkylation sites (N-methyl/N-ethyl adjacent to an activating group) is 1. The van der Waals surface area contributed by atoms with Gasteiger partial charge < -0.3 is 19.2 Å². The van der Waals surface area contributed by atoms with Gasteiger partial charge in [0.25, 0.3) is 5.48 Å². The van der Waals surface area contributed by atoms with Crippen LogP contribution in [0.4, 0.5) is 0 Å². The molecule has 2 unspecified atom stereocenters. The molecule has 0 saturated carbocycles. The average molecular weight is 304 g/mol. The van der Waals surface area contributed by atoms with E-state index in [1.807, 2.05) is 28.1 Å². The molecule has 0 fully saturated rings. The van der Waals surface area contributed by atoms with Gasteiger partial charge in [-0.15, -0.1) is 0 Å². The molecule has 0 rings (SSSR count). The van der Waals surface area contributed by atoms with Crippen molar-refractivity contribution in [2.24, 2.45) is 0 Å². The molecule has 0 aliphatic rings. The highest BCUT2D eigenvalue weighted by Gasteiger charge is 2.22. The Hall–Kier alpha value is -0.740. The Bertz CT molecular complexity index is 361. The lowest BCUT2D eigenvalue weighted by Crippen LogP contribution is -2.40. The molecule has 0 spiro atoms. The first kappa shape index (κ1) is 19.3. The van der Waals surface area contributed by atoms with Gasteiger partial charge in [0.05, 0.1) is 28.9 Å². The number of nitrogens with zero attached hydrogens (tertiary/aromatic N) is 1. The smallest absolute Gasteiger partial charge is 0.330 e. The van der Waals surface area contributed by atoms with Crippen molar-refractivity contribution in [1.29, 1.82) is 0 Å². The Morgan fingerprint density at radius 1 is 1.50 bits per heavy atom. The lowest BCUT2D eigenvalue weighted by atomic mass is 10.2. The zero-order chi connectivity index (χ0) is 15.8. The number of hydrogen-bond donors (Lipinski definition) is 1. The summed E-state index contributed by atoms with van der Waals surface area (Å²) < 4.78 is 5.68. The van der Waals surface area contributed by atoms with Crippen molar-refractivity contribution >= 4 is 19.2 Å². The minimum Gasteiger partial charge on any atom is -0.628 e. The number of hydrogen-bond acceptors (Lipinski definition) is 3. The predicted octanol–water partition coefficient (Wildman–Crippen LogP) is 1.24. The van der Waals surface area contributed by atoms with E-state index in [0.717, 1.165) is 18.9 Å². The van der Waals surface area contributed by atoms with Gasteiger partial charge in [-0.1, -0.05) is 19.9 Å². The van der Waals surface area contributed by atoms with Gasteiger partial charge in [0.2, 0.25) is 0 Å². The maximum atomic E-state index is 12.1. The Balaban J connectivity index is 4.72. The third kappa shape index (κ3) is 9.21. The summed E-state index contributed by atoms with van der Waals surface area (Å²) in [6.45, 7) is 5.71. The van der Waals surface area contributed by atoms with Crippen molar-refractivity contribution in [3.63, 3.8) is 0 Å². The van der Waals surface area contributed by atoms with Crippen molar-refractivity contribution < 1.29 is 24.0 Å². The molecule has 0 aromatic carbocycles. The van der Waals surface area contributed by atoms with Crippen LogP contribution in [0.2, 0.25) is 0 Å². The fraction of sp³-hybridized carbons (Fsp3) is 0.714. The maximum Gasteiger partial charge on any atom is 0.330 e. The minimum absolute atomic E-state index is 0.0244. The molecular weight excluding hydrogens is 277 g/mol. The van der Waals surface area contributed by atoms with E-state index in [0.29, 0.717) is 17.4 Å². The topological polar surface area (TPSA) is 69.6 Å². The highest BCUT2D eigenvalue weighted by Crippen LogP contribution is 2.20. The number of carbonyl (C=O) groups excluding carboxylic acids is 1. The number of esters is 1. The summed E-state index contributed by atoms with van der Waals surface area (Å²) in [4.78, 5) is 23.4. The molecule has 1 N–H and O–H groups in total. The van der Waals surface area contributed by atoms with Crippen LogP contribution in [0.15, 0.2) is 12.7 Å². The van der Waals surface area contributed by atoms with E-state index in [1.54, 1.807) is 0 Å². The highest BCUT2D eigenvalue weighted by molar-refractivity contribution is 7.51. The van der Waals surface area contributed by atoms with E-state index >= 15 is 0 Å². The van der Waals surface area contributed by atoms with Gasteiger partial charge in [0.15, 0.2) is 6.54 Å². The third-order valence-corrected chi connectivity index (χ3v) is 4.06. The molecule has 116 valence electrons. The van der Waals surface area contributed by atoms with Crippen LogP contribution >= 0.6 is 7.77 Å². The molecule has 20 heavy (non-hydrogen) atoms. The number of carbonyl (C=O) groups is 1. The molecule has 0 amide bonds. The summed E-state index contributed by atoms with van der Waals surface area (Å²) in [6, 6.07) is 0. The zero-order valence-electron chi connectivity index (χ0n) is 13.0. The largest absolute Gasteiger partial charge is 0.628 e. The van der Waals surface area contributed by atoms with Crippen molar-refractivity contribution in [2.75, 3.05) is 33.8 Å². The summed E-state index contributed by atoms with van der Waals surface area (Å²) in [6.07, 6.45) is 3.33. The van der Waals surface area contributed by atoms with Crippen LogP contribution < -0.4 is 4.89 Å². The van der Waals surface area contributed by atoms with Crippen LogP contribution in [-0.4, -0.2) is 61.0 Å². The average Bonchev–Trinajstić information content (AvgIpc) is 2.33. The minimum atomic E-state index is -1.90. The first-order chi connectivity index (χ1) is 9.19. The first-order valence-corrected chi connectivity index (χ1v) is 8.27. The molecular formula is C14H27NO4P+. The molecule has 0 heterocycles. The monoisotopic (exact) mass is 304 g/mol. The number of aliphatic hydroxyl groups is 1. The number of unbranched alkanes of at least 4 members (excludes halogenated alkanes) is 1. The van der Waals surface area contributed by atoms with E-state index in [9.17, 15) is 14.8 Å². The standard InChI is InChI=1S/C14H26NO4P/c1-6-8-9-12(19-13(16)7-2)11-20(18)14(17)10-15(3,4)5/h7,12H,2,6,8-11H2,1,3-5H3/p+1. The predicted molar refractivity (Wildman–Crippen MR) is 81.2 cm³/mol. The van der Waals surface area contributed by atoms with Gasteiger partial charge in [0, 0.05) is 6.08 Å². The molecule has 0 aromatic heterocycles. The molecule has 0 aromatic rings. The SMILES string of the molecule is C=CC(=O)OC(CCCC)C/[P+]([O-])=C(\O)C[N+](C)(C)C. The summed E-state index contributed by atoms with van der Waals surface area (Å²) >= 11 is 0. The fourth-order valence-corrected chi connectivity index (χ4v) is 3.04. The molecule has 2 atom stereocenters. The normalized spacial score (nSPS) is 14.5. The van der Waals surface area contributed by atoms with Crippen LogP contribution in [0.3, 0.4) is 0 Å².